The van der Waals surface area contributed by atoms with Crippen molar-refractivity contribution in [1.82, 2.24) is 14.9 Å². The van der Waals surface area contributed by atoms with Gasteiger partial charge in [-0.3, -0.25) is 0 Å². The van der Waals surface area contributed by atoms with Crippen LogP contribution in [0.15, 0.2) is 61.1 Å². The van der Waals surface area contributed by atoms with E-state index in [0.29, 0.717) is 5.69 Å². The number of hydrogen-bond acceptors (Lipinski definition) is 6. The molecule has 0 bridgehead atoms. The molecule has 0 fully saturated rings. The molecule has 0 saturated carbocycles. The zero-order valence-corrected chi connectivity index (χ0v) is 17.9. The number of hydrogen-bond donors (Lipinski definition) is 2. The SMILES string of the molecule is CCOC(=O)n1cnc(CC(NC(=O)OCC2c3ccccc3-c3ccccc32)C(=O)O)c1. The number of alkyl carbamates (subject to hydrolysis) is 1. The van der Waals surface area contributed by atoms with E-state index in [0.717, 1.165) is 26.8 Å². The van der Waals surface area contributed by atoms with E-state index in [-0.39, 0.29) is 25.6 Å². The number of nitrogens with zero attached hydrogens (tertiary/aromatic N) is 2. The van der Waals surface area contributed by atoms with E-state index in [1.165, 1.54) is 12.5 Å². The second kappa shape index (κ2) is 9.56. The maximum Gasteiger partial charge on any atom is 0.419 e. The lowest BCUT2D eigenvalue weighted by atomic mass is 9.98. The number of aliphatic carboxylic acids is 1. The predicted molar refractivity (Wildman–Crippen MR) is 118 cm³/mol. The Kier molecular flexibility index (Phi) is 6.39. The average molecular weight is 449 g/mol. The van der Waals surface area contributed by atoms with Gasteiger partial charge in [-0.1, -0.05) is 48.5 Å². The minimum atomic E-state index is -1.27. The van der Waals surface area contributed by atoms with Gasteiger partial charge < -0.3 is 19.9 Å². The van der Waals surface area contributed by atoms with Gasteiger partial charge in [0.2, 0.25) is 0 Å². The number of aromatic nitrogens is 2. The maximum absolute atomic E-state index is 12.4. The lowest BCUT2D eigenvalue weighted by Gasteiger charge is -2.17. The summed E-state index contributed by atoms with van der Waals surface area (Å²) in [6, 6.07) is 14.6. The molecule has 9 heteroatoms. The first-order valence-electron chi connectivity index (χ1n) is 10.5. The number of benzene rings is 2. The molecule has 3 aromatic rings. The molecule has 1 heterocycles. The fourth-order valence-corrected chi connectivity index (χ4v) is 3.96. The summed E-state index contributed by atoms with van der Waals surface area (Å²) >= 11 is 0. The van der Waals surface area contributed by atoms with Gasteiger partial charge in [-0.25, -0.2) is 23.9 Å². The number of amides is 1. The summed E-state index contributed by atoms with van der Waals surface area (Å²) in [5, 5.41) is 11.9. The molecule has 0 spiro atoms. The van der Waals surface area contributed by atoms with Crippen LogP contribution in [0.25, 0.3) is 11.1 Å². The highest BCUT2D eigenvalue weighted by Crippen LogP contribution is 2.44. The van der Waals surface area contributed by atoms with Gasteiger partial charge in [0.05, 0.1) is 12.3 Å². The monoisotopic (exact) mass is 449 g/mol. The number of carboxylic acids is 1. The zero-order chi connectivity index (χ0) is 23.4. The molecule has 0 saturated heterocycles. The van der Waals surface area contributed by atoms with E-state index in [2.05, 4.69) is 10.3 Å². The Morgan fingerprint density at radius 2 is 1.70 bits per heavy atom. The summed E-state index contributed by atoms with van der Waals surface area (Å²) < 4.78 is 11.4. The number of nitrogens with one attached hydrogen (secondary N) is 1. The highest BCUT2D eigenvalue weighted by atomic mass is 16.6. The molecule has 1 aliphatic rings. The number of rotatable bonds is 7. The van der Waals surface area contributed by atoms with Gasteiger partial charge >= 0.3 is 18.2 Å². The van der Waals surface area contributed by atoms with Crippen molar-refractivity contribution in [3.05, 3.63) is 77.9 Å². The molecule has 4 rings (SSSR count). The number of fused-ring (bicyclic) bond motifs is 3. The lowest BCUT2D eigenvalue weighted by Crippen LogP contribution is -2.43. The van der Waals surface area contributed by atoms with Gasteiger partial charge in [-0.15, -0.1) is 0 Å². The van der Waals surface area contributed by atoms with Crippen molar-refractivity contribution < 1.29 is 29.0 Å². The summed E-state index contributed by atoms with van der Waals surface area (Å²) in [6.07, 6.45) is 1.03. The molecule has 0 radical (unpaired) electrons. The highest BCUT2D eigenvalue weighted by Gasteiger charge is 2.30. The molecule has 2 aromatic carbocycles. The third-order valence-electron chi connectivity index (χ3n) is 5.46. The number of carbonyl (C=O) groups is 3. The van der Waals surface area contributed by atoms with E-state index in [4.69, 9.17) is 9.47 Å². The van der Waals surface area contributed by atoms with Gasteiger partial charge in [-0.2, -0.15) is 0 Å². The van der Waals surface area contributed by atoms with E-state index >= 15 is 0 Å². The Balaban J connectivity index is 1.39. The van der Waals surface area contributed by atoms with Crippen molar-refractivity contribution in [1.29, 1.82) is 0 Å². The summed E-state index contributed by atoms with van der Waals surface area (Å²) in [5.74, 6) is -1.37. The molecular formula is C24H23N3O6. The fourth-order valence-electron chi connectivity index (χ4n) is 3.96. The van der Waals surface area contributed by atoms with Crippen molar-refractivity contribution in [2.75, 3.05) is 13.2 Å². The van der Waals surface area contributed by atoms with Gasteiger partial charge in [0.15, 0.2) is 0 Å². The molecule has 9 nitrogen and oxygen atoms in total. The van der Waals surface area contributed by atoms with Crippen molar-refractivity contribution >= 4 is 18.2 Å². The minimum Gasteiger partial charge on any atom is -0.480 e. The summed E-state index contributed by atoms with van der Waals surface area (Å²) in [6.45, 7) is 1.95. The highest BCUT2D eigenvalue weighted by molar-refractivity contribution is 5.81. The summed E-state index contributed by atoms with van der Waals surface area (Å²) in [5.41, 5.74) is 4.64. The molecule has 2 N–H and O–H groups in total. The van der Waals surface area contributed by atoms with Crippen LogP contribution in [0.1, 0.15) is 29.7 Å². The Labute approximate surface area is 190 Å². The summed E-state index contributed by atoms with van der Waals surface area (Å²) in [7, 11) is 0. The molecule has 1 atom stereocenters. The van der Waals surface area contributed by atoms with E-state index in [9.17, 15) is 19.5 Å². The first-order chi connectivity index (χ1) is 16.0. The summed E-state index contributed by atoms with van der Waals surface area (Å²) in [4.78, 5) is 39.9. The van der Waals surface area contributed by atoms with Crippen LogP contribution < -0.4 is 5.32 Å². The van der Waals surface area contributed by atoms with Gasteiger partial charge in [-0.05, 0) is 29.2 Å². The van der Waals surface area contributed by atoms with Gasteiger partial charge in [0.25, 0.3) is 0 Å². The molecule has 170 valence electrons. The molecule has 33 heavy (non-hydrogen) atoms. The second-order valence-corrected chi connectivity index (χ2v) is 7.54. The smallest absolute Gasteiger partial charge is 0.419 e. The quantitative estimate of drug-likeness (QED) is 0.567. The Bertz CT molecular complexity index is 1140. The average Bonchev–Trinajstić information content (AvgIpc) is 3.40. The Hall–Kier alpha value is -4.14. The number of ether oxygens (including phenoxy) is 2. The van der Waals surface area contributed by atoms with E-state index in [1.54, 1.807) is 6.92 Å². The number of imidazole rings is 1. The lowest BCUT2D eigenvalue weighted by molar-refractivity contribution is -0.139. The van der Waals surface area contributed by atoms with Crippen molar-refractivity contribution in [2.45, 2.75) is 25.3 Å². The molecule has 1 aliphatic carbocycles. The number of carboxylic acid groups (broad SMARTS) is 1. The Morgan fingerprint density at radius 3 is 2.30 bits per heavy atom. The van der Waals surface area contributed by atoms with Crippen LogP contribution in [-0.4, -0.2) is 52.1 Å². The standard InChI is InChI=1S/C24H23N3O6/c1-2-32-24(31)27-12-15(25-14-27)11-21(22(28)29)26-23(30)33-13-20-18-9-5-3-7-16(18)17-8-4-6-10-19(17)20/h3-10,12,14,20-21H,2,11,13H2,1H3,(H,26,30)(H,28,29). The molecule has 1 aromatic heterocycles. The third-order valence-corrected chi connectivity index (χ3v) is 5.46. The molecule has 1 unspecified atom stereocenters. The van der Waals surface area contributed by atoms with Crippen LogP contribution in [0.5, 0.6) is 0 Å². The van der Waals surface area contributed by atoms with E-state index < -0.39 is 24.2 Å². The topological polar surface area (TPSA) is 120 Å². The predicted octanol–water partition coefficient (Wildman–Crippen LogP) is 3.42. The van der Waals surface area contributed by atoms with Gasteiger partial charge in [0.1, 0.15) is 19.0 Å². The largest absolute Gasteiger partial charge is 0.480 e. The normalized spacial score (nSPS) is 13.0. The van der Waals surface area contributed by atoms with Crippen molar-refractivity contribution in [3.8, 4) is 11.1 Å². The molecule has 1 amide bonds. The minimum absolute atomic E-state index is 0.0731. The van der Waals surface area contributed by atoms with Crippen LogP contribution in [0, 0.1) is 0 Å². The first-order valence-corrected chi connectivity index (χ1v) is 10.5. The van der Waals surface area contributed by atoms with Crippen molar-refractivity contribution in [3.63, 3.8) is 0 Å². The number of carbonyl (C=O) groups excluding carboxylic acids is 2. The second-order valence-electron chi connectivity index (χ2n) is 7.54. The first kappa shape index (κ1) is 22.1. The zero-order valence-electron chi connectivity index (χ0n) is 17.9. The van der Waals surface area contributed by atoms with Crippen LogP contribution in [-0.2, 0) is 20.7 Å². The van der Waals surface area contributed by atoms with Gasteiger partial charge in [0, 0.05) is 18.5 Å². The maximum atomic E-state index is 12.4. The van der Waals surface area contributed by atoms with Crippen LogP contribution in [0.2, 0.25) is 0 Å². The molecule has 0 aliphatic heterocycles. The van der Waals surface area contributed by atoms with Crippen molar-refractivity contribution in [2.24, 2.45) is 0 Å². The third kappa shape index (κ3) is 4.72. The van der Waals surface area contributed by atoms with E-state index in [1.807, 2.05) is 48.5 Å². The van der Waals surface area contributed by atoms with Crippen LogP contribution >= 0.6 is 0 Å². The Morgan fingerprint density at radius 1 is 1.06 bits per heavy atom. The fraction of sp³-hybridized carbons (Fsp3) is 0.250. The van der Waals surface area contributed by atoms with Crippen LogP contribution in [0.3, 0.4) is 0 Å². The molecular weight excluding hydrogens is 426 g/mol. The van der Waals surface area contributed by atoms with Crippen LogP contribution in [0.4, 0.5) is 9.59 Å².